The van der Waals surface area contributed by atoms with Crippen molar-refractivity contribution < 1.29 is 28.6 Å². The number of carbonyl (C=O) groups excluding carboxylic acids is 3. The maximum absolute atomic E-state index is 13.4. The smallest absolute Gasteiger partial charge is 0.437 e. The first kappa shape index (κ1) is 32.9. The molecule has 10 heteroatoms. The van der Waals surface area contributed by atoms with Gasteiger partial charge in [-0.1, -0.05) is 52.0 Å². The molecule has 1 saturated carbocycles. The van der Waals surface area contributed by atoms with Crippen molar-refractivity contribution in [1.82, 2.24) is 16.0 Å². The van der Waals surface area contributed by atoms with E-state index in [1.165, 1.54) is 13.5 Å². The van der Waals surface area contributed by atoms with Crippen LogP contribution in [-0.2, 0) is 20.7 Å². The van der Waals surface area contributed by atoms with Gasteiger partial charge in [0.2, 0.25) is 17.8 Å². The Kier molecular flexibility index (Phi) is 13.2. The number of rotatable bonds is 11. The molecule has 1 fully saturated rings. The van der Waals surface area contributed by atoms with Crippen LogP contribution in [0, 0.1) is 5.92 Å². The highest BCUT2D eigenvalue weighted by atomic mass is 16.6. The van der Waals surface area contributed by atoms with Gasteiger partial charge in [-0.25, -0.2) is 4.79 Å². The summed E-state index contributed by atoms with van der Waals surface area (Å²) in [6.07, 6.45) is 6.86. The molecule has 10 nitrogen and oxygen atoms in total. The zero-order chi connectivity index (χ0) is 29.7. The number of aliphatic imine (C=N–C) groups is 1. The Balaban J connectivity index is 2.29. The lowest BCUT2D eigenvalue weighted by molar-refractivity contribution is -0.124. The van der Waals surface area contributed by atoms with Gasteiger partial charge in [-0.15, -0.1) is 4.99 Å². The molecule has 224 valence electrons. The summed E-state index contributed by atoms with van der Waals surface area (Å²) in [5.41, 5.74) is -0.0963. The molecular weight excluding hydrogens is 512 g/mol. The van der Waals surface area contributed by atoms with E-state index in [1.807, 2.05) is 13.8 Å². The number of methoxy groups -OCH3 is 2. The number of guanidine groups is 1. The lowest BCUT2D eigenvalue weighted by Gasteiger charge is -2.29. The van der Waals surface area contributed by atoms with Gasteiger partial charge >= 0.3 is 6.09 Å². The molecule has 0 heterocycles. The summed E-state index contributed by atoms with van der Waals surface area (Å²) in [5, 5.41) is 8.90. The van der Waals surface area contributed by atoms with E-state index in [4.69, 9.17) is 14.2 Å². The van der Waals surface area contributed by atoms with E-state index in [-0.39, 0.29) is 24.3 Å². The molecule has 0 spiro atoms. The van der Waals surface area contributed by atoms with Crippen LogP contribution in [0.15, 0.2) is 23.2 Å². The van der Waals surface area contributed by atoms with E-state index in [0.717, 1.165) is 38.5 Å². The van der Waals surface area contributed by atoms with E-state index >= 15 is 0 Å². The van der Waals surface area contributed by atoms with Gasteiger partial charge in [0.1, 0.15) is 11.6 Å². The van der Waals surface area contributed by atoms with Crippen molar-refractivity contribution in [3.8, 4) is 11.5 Å². The maximum Gasteiger partial charge on any atom is 0.437 e. The summed E-state index contributed by atoms with van der Waals surface area (Å²) in [5.74, 6) is 0.710. The van der Waals surface area contributed by atoms with Gasteiger partial charge in [0.25, 0.3) is 0 Å². The Morgan fingerprint density at radius 3 is 2.20 bits per heavy atom. The second-order valence-electron chi connectivity index (χ2n) is 11.3. The summed E-state index contributed by atoms with van der Waals surface area (Å²) in [6, 6.07) is 4.55. The molecule has 0 aliphatic heterocycles. The topological polar surface area (TPSA) is 127 Å². The van der Waals surface area contributed by atoms with E-state index in [1.54, 1.807) is 46.1 Å². The zero-order valence-corrected chi connectivity index (χ0v) is 25.2. The van der Waals surface area contributed by atoms with E-state index < -0.39 is 23.6 Å². The minimum Gasteiger partial charge on any atom is -0.493 e. The van der Waals surface area contributed by atoms with Crippen LogP contribution < -0.4 is 25.4 Å². The van der Waals surface area contributed by atoms with E-state index in [9.17, 15) is 14.4 Å². The van der Waals surface area contributed by atoms with Crippen LogP contribution in [0.5, 0.6) is 11.5 Å². The monoisotopic (exact) mass is 560 g/mol. The average molecular weight is 561 g/mol. The summed E-state index contributed by atoms with van der Waals surface area (Å²) in [4.78, 5) is 43.2. The first-order valence-corrected chi connectivity index (χ1v) is 14.4. The lowest BCUT2D eigenvalue weighted by Crippen LogP contribution is -2.54. The Morgan fingerprint density at radius 2 is 1.62 bits per heavy atom. The van der Waals surface area contributed by atoms with Gasteiger partial charge < -0.3 is 24.8 Å². The second kappa shape index (κ2) is 16.1. The molecule has 0 aromatic heterocycles. The fourth-order valence-corrected chi connectivity index (χ4v) is 4.77. The maximum atomic E-state index is 13.4. The Labute approximate surface area is 239 Å². The summed E-state index contributed by atoms with van der Waals surface area (Å²) in [7, 11) is 3.06. The number of hydrogen-bond donors (Lipinski definition) is 3. The largest absolute Gasteiger partial charge is 0.493 e. The molecule has 3 amide bonds. The molecule has 1 aliphatic rings. The summed E-state index contributed by atoms with van der Waals surface area (Å²) < 4.78 is 16.0. The number of ether oxygens (including phenoxy) is 3. The van der Waals surface area contributed by atoms with Crippen LogP contribution in [0.25, 0.3) is 0 Å². The third-order valence-electron chi connectivity index (χ3n) is 6.92. The van der Waals surface area contributed by atoms with E-state index in [0.29, 0.717) is 29.4 Å². The first-order valence-electron chi connectivity index (χ1n) is 14.4. The molecule has 0 unspecified atom stereocenters. The van der Waals surface area contributed by atoms with Crippen LogP contribution in [0.3, 0.4) is 0 Å². The van der Waals surface area contributed by atoms with Gasteiger partial charge in [0, 0.05) is 6.04 Å². The Hall–Kier alpha value is -3.30. The fraction of sp³-hybridized carbons (Fsp3) is 0.667. The molecule has 1 atom stereocenters. The molecule has 1 aromatic carbocycles. The Bertz CT molecular complexity index is 1010. The molecular formula is C30H48N4O6. The van der Waals surface area contributed by atoms with Crippen molar-refractivity contribution in [3.63, 3.8) is 0 Å². The van der Waals surface area contributed by atoms with Crippen molar-refractivity contribution in [2.75, 3.05) is 14.2 Å². The second-order valence-corrected chi connectivity index (χ2v) is 11.3. The van der Waals surface area contributed by atoms with Crippen LogP contribution in [0.4, 0.5) is 4.79 Å². The van der Waals surface area contributed by atoms with Crippen molar-refractivity contribution in [1.29, 1.82) is 0 Å². The molecule has 2 rings (SSSR count). The van der Waals surface area contributed by atoms with Crippen LogP contribution >= 0.6 is 0 Å². The molecule has 0 radical (unpaired) electrons. The third kappa shape index (κ3) is 11.4. The van der Waals surface area contributed by atoms with Gasteiger partial charge in [0.05, 0.1) is 20.6 Å². The first-order chi connectivity index (χ1) is 19.0. The zero-order valence-electron chi connectivity index (χ0n) is 25.2. The number of hydrogen-bond acceptors (Lipinski definition) is 6. The molecule has 1 aliphatic carbocycles. The third-order valence-corrected chi connectivity index (χ3v) is 6.92. The van der Waals surface area contributed by atoms with Crippen molar-refractivity contribution in [3.05, 3.63) is 23.8 Å². The van der Waals surface area contributed by atoms with E-state index in [2.05, 4.69) is 20.9 Å². The standard InChI is InChI=1S/C30H48N4O6/c1-8-22(9-2)31-27(36)23(17-20-13-11-10-12-14-20)32-28(34-29(37)40-30(3,4)5)33-26(35)19-21-15-16-24(38-6)25(18-21)39-7/h15-16,18,20,22-23H,8-14,17,19H2,1-7H3,(H,31,36)(H2,32,33,34,35,37)/t23-/m1/s1. The van der Waals surface area contributed by atoms with Gasteiger partial charge in [-0.2, -0.15) is 0 Å². The lowest BCUT2D eigenvalue weighted by atomic mass is 9.84. The van der Waals surface area contributed by atoms with Crippen LogP contribution in [0.1, 0.15) is 91.5 Å². The molecule has 1 aromatic rings. The predicted molar refractivity (Wildman–Crippen MR) is 156 cm³/mol. The molecule has 40 heavy (non-hydrogen) atoms. The molecule has 3 N–H and O–H groups in total. The summed E-state index contributed by atoms with van der Waals surface area (Å²) in [6.45, 7) is 9.26. The highest BCUT2D eigenvalue weighted by Gasteiger charge is 2.28. The molecule has 0 bridgehead atoms. The minimum absolute atomic E-state index is 0.0113. The number of nitrogens with zero attached hydrogens (tertiary/aromatic N) is 1. The minimum atomic E-state index is -0.863. The van der Waals surface area contributed by atoms with Gasteiger partial charge in [0.15, 0.2) is 11.5 Å². The number of nitrogens with one attached hydrogen (secondary N) is 3. The number of carbonyl (C=O) groups is 3. The highest BCUT2D eigenvalue weighted by molar-refractivity contribution is 6.03. The SMILES string of the molecule is CCC(CC)NC(=O)[C@@H](CC1CCCCC1)N/C(=N/C(=O)OC(C)(C)C)NC(=O)Cc1ccc(OC)c(OC)c1. The average Bonchev–Trinajstić information content (AvgIpc) is 2.90. The van der Waals surface area contributed by atoms with Crippen LogP contribution in [-0.4, -0.2) is 55.8 Å². The van der Waals surface area contributed by atoms with Crippen molar-refractivity contribution in [2.45, 2.75) is 110 Å². The fourth-order valence-electron chi connectivity index (χ4n) is 4.77. The van der Waals surface area contributed by atoms with Crippen molar-refractivity contribution in [2.24, 2.45) is 10.9 Å². The highest BCUT2D eigenvalue weighted by Crippen LogP contribution is 2.28. The number of amides is 3. The van der Waals surface area contributed by atoms with Gasteiger partial charge in [-0.3, -0.25) is 14.9 Å². The number of benzene rings is 1. The van der Waals surface area contributed by atoms with Crippen molar-refractivity contribution >= 4 is 23.9 Å². The van der Waals surface area contributed by atoms with Gasteiger partial charge in [-0.05, 0) is 63.6 Å². The quantitative estimate of drug-likeness (QED) is 0.260. The molecule has 0 saturated heterocycles. The van der Waals surface area contributed by atoms with Crippen LogP contribution in [0.2, 0.25) is 0 Å². The normalized spacial score (nSPS) is 15.2. The Morgan fingerprint density at radius 1 is 0.975 bits per heavy atom. The summed E-state index contributed by atoms with van der Waals surface area (Å²) >= 11 is 0. The predicted octanol–water partition coefficient (Wildman–Crippen LogP) is 4.89.